The number of nitrogens with zero attached hydrogens (tertiary/aromatic N) is 1. The van der Waals surface area contributed by atoms with Gasteiger partial charge in [-0.2, -0.15) is 5.10 Å². The highest BCUT2D eigenvalue weighted by Gasteiger charge is 2.09. The molecule has 1 amide bonds. The Bertz CT molecular complexity index is 1000. The molecule has 1 N–H and O–H groups in total. The Hall–Kier alpha value is -2.93. The molecule has 0 aliphatic rings. The van der Waals surface area contributed by atoms with Gasteiger partial charge in [0.1, 0.15) is 5.75 Å². The van der Waals surface area contributed by atoms with Crippen molar-refractivity contribution >= 4 is 40.3 Å². The van der Waals surface area contributed by atoms with Gasteiger partial charge in [0, 0.05) is 11.1 Å². The van der Waals surface area contributed by atoms with Crippen LogP contribution in [0.25, 0.3) is 6.08 Å². The summed E-state index contributed by atoms with van der Waals surface area (Å²) in [5.41, 5.74) is 5.81. The molecule has 0 spiro atoms. The van der Waals surface area contributed by atoms with Gasteiger partial charge in [0.25, 0.3) is 5.91 Å². The van der Waals surface area contributed by atoms with Crippen LogP contribution in [0.1, 0.15) is 21.5 Å². The molecule has 3 aromatic carbocycles. The molecule has 0 aliphatic heterocycles. The van der Waals surface area contributed by atoms with Gasteiger partial charge in [-0.15, -0.1) is 0 Å². The first-order valence-corrected chi connectivity index (χ1v) is 9.75. The van der Waals surface area contributed by atoms with E-state index in [-0.39, 0.29) is 5.91 Å². The van der Waals surface area contributed by atoms with E-state index in [1.54, 1.807) is 25.3 Å². The molecule has 3 rings (SSSR count). The number of rotatable bonds is 6. The molecule has 0 atom stereocenters. The van der Waals surface area contributed by atoms with Crippen LogP contribution in [0.4, 0.5) is 0 Å². The third-order valence-electron chi connectivity index (χ3n) is 3.99. The van der Waals surface area contributed by atoms with Gasteiger partial charge < -0.3 is 4.74 Å². The Balaban J connectivity index is 1.83. The first kappa shape index (κ1) is 19.8. The maximum atomic E-state index is 12.5. The third-order valence-corrected chi connectivity index (χ3v) is 4.84. The van der Waals surface area contributed by atoms with Gasteiger partial charge in [0.15, 0.2) is 0 Å². The van der Waals surface area contributed by atoms with Crippen molar-refractivity contribution in [1.29, 1.82) is 0 Å². The van der Waals surface area contributed by atoms with Crippen LogP contribution < -0.4 is 10.2 Å². The number of methoxy groups -OCH3 is 1. The van der Waals surface area contributed by atoms with E-state index in [9.17, 15) is 4.79 Å². The molecule has 0 aromatic heterocycles. The molecule has 28 heavy (non-hydrogen) atoms. The fourth-order valence-electron chi connectivity index (χ4n) is 2.53. The predicted octanol–water partition coefficient (Wildman–Crippen LogP) is 5.15. The number of hydrogen-bond acceptors (Lipinski definition) is 3. The summed E-state index contributed by atoms with van der Waals surface area (Å²) in [4.78, 5) is 12.5. The van der Waals surface area contributed by atoms with Crippen LogP contribution in [0.2, 0.25) is 0 Å². The first-order valence-electron chi connectivity index (χ1n) is 8.67. The topological polar surface area (TPSA) is 50.7 Å². The Labute approximate surface area is 178 Å². The first-order chi connectivity index (χ1) is 13.7. The summed E-state index contributed by atoms with van der Waals surface area (Å²) < 4.78 is 6.10. The number of benzene rings is 3. The number of allylic oxidation sites excluding steroid dienone is 1. The van der Waals surface area contributed by atoms with Gasteiger partial charge in [0.05, 0.1) is 16.4 Å². The fraction of sp³-hybridized carbons (Fsp3) is 0.0435. The van der Waals surface area contributed by atoms with Crippen molar-refractivity contribution in [1.82, 2.24) is 5.43 Å². The molecule has 0 aliphatic carbocycles. The Morgan fingerprint density at radius 2 is 1.64 bits per heavy atom. The molecular formula is C23H19IN2O2. The number of nitrogens with one attached hydrogen (secondary N) is 1. The van der Waals surface area contributed by atoms with E-state index >= 15 is 0 Å². The summed E-state index contributed by atoms with van der Waals surface area (Å²) in [7, 11) is 1.60. The largest absolute Gasteiger partial charge is 0.496 e. The molecule has 0 fully saturated rings. The maximum Gasteiger partial charge on any atom is 0.271 e. The Kier molecular flexibility index (Phi) is 6.97. The molecule has 3 aromatic rings. The minimum absolute atomic E-state index is 0.276. The second-order valence-electron chi connectivity index (χ2n) is 5.90. The average molecular weight is 482 g/mol. The van der Waals surface area contributed by atoms with Crippen LogP contribution in [0.3, 0.4) is 0 Å². The van der Waals surface area contributed by atoms with E-state index in [0.29, 0.717) is 11.3 Å². The van der Waals surface area contributed by atoms with Crippen molar-refractivity contribution in [2.24, 2.45) is 5.10 Å². The smallest absolute Gasteiger partial charge is 0.271 e. The zero-order chi connectivity index (χ0) is 19.8. The zero-order valence-corrected chi connectivity index (χ0v) is 17.5. The Morgan fingerprint density at radius 3 is 2.29 bits per heavy atom. The molecule has 4 nitrogen and oxygen atoms in total. The molecule has 140 valence electrons. The molecule has 5 heteroatoms. The highest BCUT2D eigenvalue weighted by atomic mass is 127. The average Bonchev–Trinajstić information content (AvgIpc) is 2.75. The van der Waals surface area contributed by atoms with Crippen molar-refractivity contribution < 1.29 is 9.53 Å². The summed E-state index contributed by atoms with van der Waals surface area (Å²) in [5.74, 6) is 0.457. The molecule has 0 heterocycles. The summed E-state index contributed by atoms with van der Waals surface area (Å²) in [6, 6.07) is 24.9. The predicted molar refractivity (Wildman–Crippen MR) is 122 cm³/mol. The highest BCUT2D eigenvalue weighted by molar-refractivity contribution is 14.1. The fourth-order valence-corrected chi connectivity index (χ4v) is 3.26. The molecule has 0 bridgehead atoms. The molecule has 0 saturated heterocycles. The van der Waals surface area contributed by atoms with E-state index in [0.717, 1.165) is 20.4 Å². The van der Waals surface area contributed by atoms with E-state index in [1.807, 2.05) is 72.8 Å². The third kappa shape index (κ3) is 5.29. The lowest BCUT2D eigenvalue weighted by Gasteiger charge is -2.07. The van der Waals surface area contributed by atoms with Crippen molar-refractivity contribution in [3.63, 3.8) is 0 Å². The van der Waals surface area contributed by atoms with Gasteiger partial charge in [-0.25, -0.2) is 5.43 Å². The summed E-state index contributed by atoms with van der Waals surface area (Å²) in [5, 5.41) is 4.35. The second-order valence-corrected chi connectivity index (χ2v) is 7.06. The number of hydrogen-bond donors (Lipinski definition) is 1. The van der Waals surface area contributed by atoms with Crippen LogP contribution in [0.15, 0.2) is 90.0 Å². The Morgan fingerprint density at radius 1 is 0.964 bits per heavy atom. The number of carbonyl (C=O) groups excluding carboxylic acids is 1. The standard InChI is InChI=1S/C23H19IN2O2/c1-28-22-15-13-19(16-20(22)24)23(27)26-25-21(18-10-6-3-7-11-18)14-12-17-8-4-2-5-9-17/h2-16H,1H3,(H,26,27)/b14-12+,25-21+. The lowest BCUT2D eigenvalue weighted by molar-refractivity contribution is 0.0955. The second kappa shape index (κ2) is 9.85. The minimum Gasteiger partial charge on any atom is -0.496 e. The number of carbonyl (C=O) groups is 1. The van der Waals surface area contributed by atoms with Gasteiger partial charge in [-0.05, 0) is 52.4 Å². The van der Waals surface area contributed by atoms with E-state index in [4.69, 9.17) is 4.74 Å². The number of ether oxygens (including phenoxy) is 1. The minimum atomic E-state index is -0.276. The zero-order valence-electron chi connectivity index (χ0n) is 15.3. The molecule has 0 radical (unpaired) electrons. The van der Waals surface area contributed by atoms with Crippen LogP contribution >= 0.6 is 22.6 Å². The molecular weight excluding hydrogens is 463 g/mol. The number of amides is 1. The van der Waals surface area contributed by atoms with Crippen LogP contribution in [-0.4, -0.2) is 18.7 Å². The molecule has 0 saturated carbocycles. The lowest BCUT2D eigenvalue weighted by atomic mass is 10.1. The van der Waals surface area contributed by atoms with Gasteiger partial charge in [0.2, 0.25) is 0 Å². The van der Waals surface area contributed by atoms with Gasteiger partial charge in [-0.3, -0.25) is 4.79 Å². The maximum absolute atomic E-state index is 12.5. The van der Waals surface area contributed by atoms with Crippen molar-refractivity contribution in [3.05, 3.63) is 105 Å². The van der Waals surface area contributed by atoms with Gasteiger partial charge >= 0.3 is 0 Å². The molecule has 0 unspecified atom stereocenters. The van der Waals surface area contributed by atoms with Gasteiger partial charge in [-0.1, -0.05) is 66.7 Å². The highest BCUT2D eigenvalue weighted by Crippen LogP contribution is 2.21. The summed E-state index contributed by atoms with van der Waals surface area (Å²) in [6.07, 6.45) is 3.86. The summed E-state index contributed by atoms with van der Waals surface area (Å²) in [6.45, 7) is 0. The van der Waals surface area contributed by atoms with Crippen LogP contribution in [0, 0.1) is 3.57 Å². The van der Waals surface area contributed by atoms with Crippen molar-refractivity contribution in [2.75, 3.05) is 7.11 Å². The van der Waals surface area contributed by atoms with Crippen LogP contribution in [-0.2, 0) is 0 Å². The van der Waals surface area contributed by atoms with E-state index < -0.39 is 0 Å². The lowest BCUT2D eigenvalue weighted by Crippen LogP contribution is -2.19. The number of halogens is 1. The summed E-state index contributed by atoms with van der Waals surface area (Å²) >= 11 is 2.14. The van der Waals surface area contributed by atoms with E-state index in [1.165, 1.54) is 0 Å². The SMILES string of the molecule is COc1ccc(C(=O)N/N=C(\C=C\c2ccccc2)c2ccccc2)cc1I. The van der Waals surface area contributed by atoms with Crippen molar-refractivity contribution in [2.45, 2.75) is 0 Å². The monoisotopic (exact) mass is 482 g/mol. The normalized spacial score (nSPS) is 11.4. The van der Waals surface area contributed by atoms with E-state index in [2.05, 4.69) is 33.1 Å². The quantitative estimate of drug-likeness (QED) is 0.300. The number of hydrazone groups is 1. The van der Waals surface area contributed by atoms with Crippen LogP contribution in [0.5, 0.6) is 5.75 Å². The van der Waals surface area contributed by atoms with Crippen molar-refractivity contribution in [3.8, 4) is 5.75 Å².